The number of unbranched alkanes of at least 4 members (excludes halogenated alkanes) is 1. The van der Waals surface area contributed by atoms with Gasteiger partial charge in [-0.2, -0.15) is 4.31 Å². The summed E-state index contributed by atoms with van der Waals surface area (Å²) in [6, 6.07) is 4.83. The van der Waals surface area contributed by atoms with Crippen molar-refractivity contribution in [1.29, 1.82) is 0 Å². The number of aliphatic carboxylic acids is 1. The number of ether oxygens (including phenoxy) is 1. The monoisotopic (exact) mass is 381 g/mol. The number of fused-ring (bicyclic) bond motifs is 1. The highest BCUT2D eigenvalue weighted by molar-refractivity contribution is 7.89. The third-order valence-electron chi connectivity index (χ3n) is 4.45. The molecule has 1 aromatic heterocycles. The van der Waals surface area contributed by atoms with Crippen LogP contribution >= 0.6 is 0 Å². The summed E-state index contributed by atoms with van der Waals surface area (Å²) in [7, 11) is -3.61. The molecule has 0 aliphatic carbocycles. The number of benzene rings is 1. The van der Waals surface area contributed by atoms with Crippen LogP contribution in [0.3, 0.4) is 0 Å². The Bertz CT molecular complexity index is 901. The number of morpholine rings is 1. The van der Waals surface area contributed by atoms with Crippen LogP contribution < -0.4 is 0 Å². The van der Waals surface area contributed by atoms with E-state index < -0.39 is 16.0 Å². The molecule has 1 N–H and O–H groups in total. The minimum Gasteiger partial charge on any atom is -0.481 e. The molecule has 2 aromatic rings. The first-order chi connectivity index (χ1) is 12.4. The predicted octanol–water partition coefficient (Wildman–Crippen LogP) is 1.48. The Kier molecular flexibility index (Phi) is 5.59. The van der Waals surface area contributed by atoms with Crippen LogP contribution in [0.25, 0.3) is 11.0 Å². The van der Waals surface area contributed by atoms with E-state index in [9.17, 15) is 13.2 Å². The normalized spacial score (nSPS) is 16.2. The Morgan fingerprint density at radius 1 is 1.31 bits per heavy atom. The van der Waals surface area contributed by atoms with Crippen LogP contribution in [0.1, 0.15) is 25.6 Å². The maximum Gasteiger partial charge on any atom is 0.311 e. The lowest BCUT2D eigenvalue weighted by Gasteiger charge is -2.26. The van der Waals surface area contributed by atoms with E-state index in [0.717, 1.165) is 18.4 Å². The van der Waals surface area contributed by atoms with Gasteiger partial charge in [-0.15, -0.1) is 0 Å². The Labute approximate surface area is 152 Å². The summed E-state index contributed by atoms with van der Waals surface area (Å²) in [5.41, 5.74) is 1.27. The van der Waals surface area contributed by atoms with Crippen LogP contribution in [-0.4, -0.2) is 59.7 Å². The first kappa shape index (κ1) is 18.8. The molecule has 8 nitrogen and oxygen atoms in total. The van der Waals surface area contributed by atoms with Crippen molar-refractivity contribution in [3.63, 3.8) is 0 Å². The summed E-state index contributed by atoms with van der Waals surface area (Å²) in [4.78, 5) is 15.7. The zero-order valence-electron chi connectivity index (χ0n) is 14.7. The van der Waals surface area contributed by atoms with Gasteiger partial charge in [-0.05, 0) is 24.6 Å². The SMILES string of the molecule is CCCCn1c(CC(=O)O)nc2cc(S(=O)(=O)N3CCOCC3)ccc21. The molecule has 0 atom stereocenters. The number of rotatable bonds is 7. The van der Waals surface area contributed by atoms with E-state index >= 15 is 0 Å². The quantitative estimate of drug-likeness (QED) is 0.780. The van der Waals surface area contributed by atoms with Gasteiger partial charge < -0.3 is 14.4 Å². The lowest BCUT2D eigenvalue weighted by Crippen LogP contribution is -2.40. The molecule has 1 aliphatic heterocycles. The Hall–Kier alpha value is -1.97. The number of carboxylic acid groups (broad SMARTS) is 1. The van der Waals surface area contributed by atoms with Gasteiger partial charge in [-0.25, -0.2) is 13.4 Å². The molecule has 26 heavy (non-hydrogen) atoms. The number of sulfonamides is 1. The van der Waals surface area contributed by atoms with Gasteiger partial charge in [0.1, 0.15) is 12.2 Å². The van der Waals surface area contributed by atoms with Gasteiger partial charge in [0.05, 0.1) is 29.1 Å². The number of carboxylic acids is 1. The maximum absolute atomic E-state index is 12.8. The highest BCUT2D eigenvalue weighted by Crippen LogP contribution is 2.24. The number of aryl methyl sites for hydroxylation is 1. The van der Waals surface area contributed by atoms with Gasteiger partial charge in [0.15, 0.2) is 0 Å². The van der Waals surface area contributed by atoms with Gasteiger partial charge >= 0.3 is 5.97 Å². The molecule has 1 aliphatic rings. The van der Waals surface area contributed by atoms with E-state index in [-0.39, 0.29) is 11.3 Å². The Balaban J connectivity index is 2.01. The second-order valence-corrected chi connectivity index (χ2v) is 8.21. The summed E-state index contributed by atoms with van der Waals surface area (Å²) in [6.07, 6.45) is 1.67. The summed E-state index contributed by atoms with van der Waals surface area (Å²) in [5, 5.41) is 9.13. The van der Waals surface area contributed by atoms with E-state index in [1.165, 1.54) is 10.4 Å². The zero-order valence-corrected chi connectivity index (χ0v) is 15.5. The van der Waals surface area contributed by atoms with Crippen molar-refractivity contribution < 1.29 is 23.1 Å². The second kappa shape index (κ2) is 7.73. The Morgan fingerprint density at radius 3 is 2.69 bits per heavy atom. The molecule has 0 radical (unpaired) electrons. The largest absolute Gasteiger partial charge is 0.481 e. The fourth-order valence-corrected chi connectivity index (χ4v) is 4.52. The van der Waals surface area contributed by atoms with Crippen molar-refractivity contribution >= 4 is 27.0 Å². The number of hydrogen-bond acceptors (Lipinski definition) is 5. The number of hydrogen-bond donors (Lipinski definition) is 1. The predicted molar refractivity (Wildman–Crippen MR) is 95.6 cm³/mol. The van der Waals surface area contributed by atoms with Crippen molar-refractivity contribution in [1.82, 2.24) is 13.9 Å². The average Bonchev–Trinajstić information content (AvgIpc) is 2.96. The van der Waals surface area contributed by atoms with Crippen molar-refractivity contribution in [2.24, 2.45) is 0 Å². The van der Waals surface area contributed by atoms with Crippen LogP contribution in [0.5, 0.6) is 0 Å². The van der Waals surface area contributed by atoms with Crippen LogP contribution in [0.2, 0.25) is 0 Å². The minimum atomic E-state index is -3.61. The molecule has 3 rings (SSSR count). The van der Waals surface area contributed by atoms with Gasteiger partial charge in [-0.3, -0.25) is 4.79 Å². The summed E-state index contributed by atoms with van der Waals surface area (Å²) in [6.45, 7) is 4.14. The van der Waals surface area contributed by atoms with Gasteiger partial charge in [0, 0.05) is 19.6 Å². The highest BCUT2D eigenvalue weighted by atomic mass is 32.2. The molecule has 1 saturated heterocycles. The number of aromatic nitrogens is 2. The second-order valence-electron chi connectivity index (χ2n) is 6.27. The van der Waals surface area contributed by atoms with Gasteiger partial charge in [-0.1, -0.05) is 13.3 Å². The summed E-state index contributed by atoms with van der Waals surface area (Å²) >= 11 is 0. The van der Waals surface area contributed by atoms with E-state index in [0.29, 0.717) is 44.2 Å². The van der Waals surface area contributed by atoms with E-state index in [1.54, 1.807) is 12.1 Å². The first-order valence-electron chi connectivity index (χ1n) is 8.72. The molecule has 0 saturated carbocycles. The average molecular weight is 381 g/mol. The van der Waals surface area contributed by atoms with Crippen LogP contribution in [0.15, 0.2) is 23.1 Å². The third kappa shape index (κ3) is 3.74. The molecule has 0 unspecified atom stereocenters. The molecular formula is C17H23N3O5S. The van der Waals surface area contributed by atoms with Crippen LogP contribution in [-0.2, 0) is 32.5 Å². The van der Waals surface area contributed by atoms with E-state index in [4.69, 9.17) is 9.84 Å². The number of carbonyl (C=O) groups is 1. The minimum absolute atomic E-state index is 0.175. The lowest BCUT2D eigenvalue weighted by atomic mass is 10.3. The van der Waals surface area contributed by atoms with Crippen LogP contribution in [0, 0.1) is 0 Å². The van der Waals surface area contributed by atoms with Crippen molar-refractivity contribution in [2.45, 2.75) is 37.6 Å². The maximum atomic E-state index is 12.8. The zero-order chi connectivity index (χ0) is 18.7. The highest BCUT2D eigenvalue weighted by Gasteiger charge is 2.27. The smallest absolute Gasteiger partial charge is 0.311 e. The standard InChI is InChI=1S/C17H23N3O5S/c1-2-3-6-20-15-5-4-13(11-14(15)18-16(20)12-17(21)22)26(23,24)19-7-9-25-10-8-19/h4-5,11H,2-3,6-10,12H2,1H3,(H,21,22). The Morgan fingerprint density at radius 2 is 2.04 bits per heavy atom. The lowest BCUT2D eigenvalue weighted by molar-refractivity contribution is -0.136. The molecule has 2 heterocycles. The van der Waals surface area contributed by atoms with Crippen molar-refractivity contribution in [3.05, 3.63) is 24.0 Å². The molecule has 0 amide bonds. The van der Waals surface area contributed by atoms with Gasteiger partial charge in [0.25, 0.3) is 0 Å². The van der Waals surface area contributed by atoms with Crippen LogP contribution in [0.4, 0.5) is 0 Å². The fourth-order valence-electron chi connectivity index (χ4n) is 3.09. The first-order valence-corrected chi connectivity index (χ1v) is 10.2. The fraction of sp³-hybridized carbons (Fsp3) is 0.529. The summed E-state index contributed by atoms with van der Waals surface area (Å²) < 4.78 is 34.1. The number of nitrogens with zero attached hydrogens (tertiary/aromatic N) is 3. The molecule has 0 bridgehead atoms. The molecule has 0 spiro atoms. The molecule has 1 fully saturated rings. The van der Waals surface area contributed by atoms with Crippen molar-refractivity contribution in [2.75, 3.05) is 26.3 Å². The van der Waals surface area contributed by atoms with Crippen molar-refractivity contribution in [3.8, 4) is 0 Å². The topological polar surface area (TPSA) is 102 Å². The molecular weight excluding hydrogens is 358 g/mol. The third-order valence-corrected chi connectivity index (χ3v) is 6.35. The molecule has 9 heteroatoms. The van der Waals surface area contributed by atoms with Gasteiger partial charge in [0.2, 0.25) is 10.0 Å². The number of imidazole rings is 1. The van der Waals surface area contributed by atoms with E-state index in [2.05, 4.69) is 11.9 Å². The van der Waals surface area contributed by atoms with E-state index in [1.807, 2.05) is 4.57 Å². The molecule has 142 valence electrons. The summed E-state index contributed by atoms with van der Waals surface area (Å²) in [5.74, 6) is -0.513. The molecule has 1 aromatic carbocycles.